The maximum Gasteiger partial charge on any atom is 0.410 e. The summed E-state index contributed by atoms with van der Waals surface area (Å²) in [6.07, 6.45) is 0.265. The summed E-state index contributed by atoms with van der Waals surface area (Å²) in [6.45, 7) is 10.8. The van der Waals surface area contributed by atoms with Crippen molar-refractivity contribution < 1.29 is 19.2 Å². The van der Waals surface area contributed by atoms with Crippen molar-refractivity contribution in [3.05, 3.63) is 39.4 Å². The molecule has 1 amide bonds. The van der Waals surface area contributed by atoms with Gasteiger partial charge in [-0.25, -0.2) is 4.79 Å². The SMILES string of the molecule is CC.CC(C)(C)OC(=O)N1CCC2(OCc3cc([N+](=O)[O-])ccc32)C(Br)C1. The fourth-order valence-electron chi connectivity index (χ4n) is 3.36. The Morgan fingerprint density at radius 3 is 2.63 bits per heavy atom. The average molecular weight is 443 g/mol. The molecule has 3 rings (SSSR count). The molecule has 0 aromatic heterocycles. The monoisotopic (exact) mass is 442 g/mol. The minimum Gasteiger partial charge on any atom is -0.444 e. The van der Waals surface area contributed by atoms with E-state index in [1.807, 2.05) is 34.6 Å². The first-order valence-corrected chi connectivity index (χ1v) is 10.1. The molecule has 1 fully saturated rings. The number of non-ortho nitro benzene ring substituents is 1. The third-order valence-electron chi connectivity index (χ3n) is 4.53. The van der Waals surface area contributed by atoms with E-state index in [0.717, 1.165) is 11.1 Å². The summed E-state index contributed by atoms with van der Waals surface area (Å²) in [5, 5.41) is 11.0. The van der Waals surface area contributed by atoms with E-state index < -0.39 is 16.1 Å². The van der Waals surface area contributed by atoms with Gasteiger partial charge in [-0.1, -0.05) is 29.8 Å². The van der Waals surface area contributed by atoms with Gasteiger partial charge in [0, 0.05) is 25.2 Å². The Labute approximate surface area is 168 Å². The number of benzene rings is 1. The van der Waals surface area contributed by atoms with Gasteiger partial charge >= 0.3 is 6.09 Å². The number of hydrogen-bond acceptors (Lipinski definition) is 5. The lowest BCUT2D eigenvalue weighted by atomic mass is 9.83. The van der Waals surface area contributed by atoms with Gasteiger partial charge in [0.1, 0.15) is 11.2 Å². The van der Waals surface area contributed by atoms with Crippen molar-refractivity contribution in [1.82, 2.24) is 4.90 Å². The second kappa shape index (κ2) is 8.14. The summed E-state index contributed by atoms with van der Waals surface area (Å²) < 4.78 is 11.5. The molecule has 8 heteroatoms. The molecule has 0 aliphatic carbocycles. The van der Waals surface area contributed by atoms with Gasteiger partial charge in [0.25, 0.3) is 5.69 Å². The molecule has 0 radical (unpaired) electrons. The van der Waals surface area contributed by atoms with E-state index in [9.17, 15) is 14.9 Å². The molecule has 2 unspecified atom stereocenters. The highest BCUT2D eigenvalue weighted by atomic mass is 79.9. The number of alkyl halides is 1. The lowest BCUT2D eigenvalue weighted by Crippen LogP contribution is -2.53. The van der Waals surface area contributed by atoms with Crippen LogP contribution in [0.5, 0.6) is 0 Å². The smallest absolute Gasteiger partial charge is 0.410 e. The van der Waals surface area contributed by atoms with Crippen LogP contribution in [0.3, 0.4) is 0 Å². The van der Waals surface area contributed by atoms with Gasteiger partial charge in [0.15, 0.2) is 0 Å². The summed E-state index contributed by atoms with van der Waals surface area (Å²) >= 11 is 3.67. The van der Waals surface area contributed by atoms with Crippen LogP contribution in [0.1, 0.15) is 52.2 Å². The average Bonchev–Trinajstić information content (AvgIpc) is 2.96. The Balaban J connectivity index is 0.00000126. The zero-order chi connectivity index (χ0) is 20.4. The summed E-state index contributed by atoms with van der Waals surface area (Å²) in [5.74, 6) is 0. The molecule has 7 nitrogen and oxygen atoms in total. The van der Waals surface area contributed by atoms with Crippen molar-refractivity contribution in [2.24, 2.45) is 0 Å². The van der Waals surface area contributed by atoms with Crippen LogP contribution >= 0.6 is 15.9 Å². The molecule has 2 aliphatic rings. The normalized spacial score (nSPS) is 24.1. The number of carbonyl (C=O) groups excluding carboxylic acids is 1. The van der Waals surface area contributed by atoms with Gasteiger partial charge in [-0.05, 0) is 44.4 Å². The van der Waals surface area contributed by atoms with Crippen molar-refractivity contribution in [2.45, 2.75) is 63.7 Å². The number of hydrogen-bond donors (Lipinski definition) is 0. The van der Waals surface area contributed by atoms with Crippen LogP contribution in [0, 0.1) is 10.1 Å². The van der Waals surface area contributed by atoms with Gasteiger partial charge in [0.05, 0.1) is 16.4 Å². The minimum absolute atomic E-state index is 0.0664. The fourth-order valence-corrected chi connectivity index (χ4v) is 4.32. The summed E-state index contributed by atoms with van der Waals surface area (Å²) in [6, 6.07) is 4.86. The van der Waals surface area contributed by atoms with E-state index in [0.29, 0.717) is 26.1 Å². The summed E-state index contributed by atoms with van der Waals surface area (Å²) in [5.41, 5.74) is 0.761. The largest absolute Gasteiger partial charge is 0.444 e. The predicted octanol–water partition coefficient (Wildman–Crippen LogP) is 4.75. The number of nitrogens with zero attached hydrogens (tertiary/aromatic N) is 2. The maximum absolute atomic E-state index is 12.3. The Kier molecular flexibility index (Phi) is 6.52. The number of halogens is 1. The first kappa shape index (κ1) is 21.6. The lowest BCUT2D eigenvalue weighted by Gasteiger charge is -2.43. The molecule has 1 saturated heterocycles. The van der Waals surface area contributed by atoms with Crippen molar-refractivity contribution in [3.63, 3.8) is 0 Å². The second-order valence-electron chi connectivity index (χ2n) is 7.42. The zero-order valence-corrected chi connectivity index (χ0v) is 18.0. The van der Waals surface area contributed by atoms with Gasteiger partial charge in [-0.2, -0.15) is 0 Å². The van der Waals surface area contributed by atoms with E-state index in [2.05, 4.69) is 15.9 Å². The van der Waals surface area contributed by atoms with E-state index in [1.54, 1.807) is 17.0 Å². The molecule has 0 N–H and O–H groups in total. The Bertz CT molecular complexity index is 719. The zero-order valence-electron chi connectivity index (χ0n) is 16.5. The molecule has 2 atom stereocenters. The van der Waals surface area contributed by atoms with Crippen LogP contribution in [0.25, 0.3) is 0 Å². The first-order valence-electron chi connectivity index (χ1n) is 9.16. The highest BCUT2D eigenvalue weighted by Gasteiger charge is 2.50. The van der Waals surface area contributed by atoms with E-state index >= 15 is 0 Å². The second-order valence-corrected chi connectivity index (χ2v) is 8.53. The number of likely N-dealkylation sites (tertiary alicyclic amines) is 1. The number of rotatable bonds is 1. The van der Waals surface area contributed by atoms with Gasteiger partial charge < -0.3 is 14.4 Å². The third-order valence-corrected chi connectivity index (χ3v) is 5.56. The van der Waals surface area contributed by atoms with Crippen molar-refractivity contribution >= 4 is 27.7 Å². The Hall–Kier alpha value is -1.67. The number of nitro groups is 1. The number of amides is 1. The van der Waals surface area contributed by atoms with Crippen LogP contribution in [0.15, 0.2) is 18.2 Å². The molecule has 1 aromatic carbocycles. The molecule has 2 heterocycles. The van der Waals surface area contributed by atoms with Crippen LogP contribution in [0.4, 0.5) is 10.5 Å². The molecule has 0 saturated carbocycles. The number of nitro benzene ring substituents is 1. The molecule has 150 valence electrons. The van der Waals surface area contributed by atoms with Crippen molar-refractivity contribution in [3.8, 4) is 0 Å². The Morgan fingerprint density at radius 2 is 2.07 bits per heavy atom. The predicted molar refractivity (Wildman–Crippen MR) is 106 cm³/mol. The molecule has 0 bridgehead atoms. The standard InChI is InChI=1S/C17H21BrN2O5.C2H6/c1-16(2,3)25-15(21)19-7-6-17(14(18)9-19)13-5-4-12(20(22)23)8-11(13)10-24-17;1-2/h4-5,8,14H,6-7,9-10H2,1-3H3;1-2H3. The fraction of sp³-hybridized carbons (Fsp3) is 0.632. The summed E-state index contributed by atoms with van der Waals surface area (Å²) in [7, 11) is 0. The maximum atomic E-state index is 12.3. The molecule has 1 spiro atoms. The van der Waals surface area contributed by atoms with E-state index in [-0.39, 0.29) is 16.6 Å². The lowest BCUT2D eigenvalue weighted by molar-refractivity contribution is -0.384. The molecular formula is C19H27BrN2O5. The quantitative estimate of drug-likeness (QED) is 0.356. The van der Waals surface area contributed by atoms with Crippen molar-refractivity contribution in [1.29, 1.82) is 0 Å². The molecule has 1 aromatic rings. The van der Waals surface area contributed by atoms with Gasteiger partial charge in [-0.3, -0.25) is 10.1 Å². The van der Waals surface area contributed by atoms with E-state index in [1.165, 1.54) is 6.07 Å². The van der Waals surface area contributed by atoms with Crippen molar-refractivity contribution in [2.75, 3.05) is 13.1 Å². The van der Waals surface area contributed by atoms with Crippen LogP contribution < -0.4 is 0 Å². The van der Waals surface area contributed by atoms with E-state index in [4.69, 9.17) is 9.47 Å². The van der Waals surface area contributed by atoms with Crippen LogP contribution in [0.2, 0.25) is 0 Å². The highest BCUT2D eigenvalue weighted by molar-refractivity contribution is 9.09. The number of fused-ring (bicyclic) bond motifs is 2. The van der Waals surface area contributed by atoms with Gasteiger partial charge in [-0.15, -0.1) is 0 Å². The number of piperidine rings is 1. The highest BCUT2D eigenvalue weighted by Crippen LogP contribution is 2.47. The minimum atomic E-state index is -0.566. The first-order chi connectivity index (χ1) is 12.6. The molecule has 2 aliphatic heterocycles. The molecular weight excluding hydrogens is 416 g/mol. The van der Waals surface area contributed by atoms with Crippen LogP contribution in [-0.2, 0) is 21.7 Å². The third kappa shape index (κ3) is 4.43. The summed E-state index contributed by atoms with van der Waals surface area (Å²) in [4.78, 5) is 24.4. The topological polar surface area (TPSA) is 81.9 Å². The Morgan fingerprint density at radius 1 is 1.41 bits per heavy atom. The van der Waals surface area contributed by atoms with Gasteiger partial charge in [0.2, 0.25) is 0 Å². The number of ether oxygens (including phenoxy) is 2. The van der Waals surface area contributed by atoms with Crippen LogP contribution in [-0.4, -0.2) is 39.4 Å². The number of carbonyl (C=O) groups is 1. The molecule has 27 heavy (non-hydrogen) atoms.